The predicted molar refractivity (Wildman–Crippen MR) is 142 cm³/mol. The Balaban J connectivity index is 0.00000363. The van der Waals surface area contributed by atoms with Gasteiger partial charge in [-0.1, -0.05) is 35.5 Å². The topological polar surface area (TPSA) is 68.9 Å². The minimum Gasteiger partial charge on any atom is -0.361 e. The summed E-state index contributed by atoms with van der Waals surface area (Å²) in [5.41, 5.74) is 2.19. The van der Waals surface area contributed by atoms with Crippen LogP contribution in [0.2, 0.25) is 0 Å². The lowest BCUT2D eigenvalue weighted by Gasteiger charge is -2.37. The van der Waals surface area contributed by atoms with Crippen LogP contribution in [-0.2, 0) is 6.54 Å². The van der Waals surface area contributed by atoms with Crippen molar-refractivity contribution < 1.29 is 4.52 Å². The van der Waals surface area contributed by atoms with Crippen LogP contribution in [0.1, 0.15) is 50.8 Å². The van der Waals surface area contributed by atoms with Crippen molar-refractivity contribution in [3.8, 4) is 0 Å². The quantitative estimate of drug-likeness (QED) is 0.294. The Hall–Kier alpha value is -1.65. The lowest BCUT2D eigenvalue weighted by atomic mass is 10.0. The van der Waals surface area contributed by atoms with Crippen molar-refractivity contribution in [2.75, 3.05) is 39.3 Å². The number of piperazine rings is 1. The zero-order valence-corrected chi connectivity index (χ0v) is 22.4. The molecule has 178 valence electrons. The average Bonchev–Trinajstić information content (AvgIpc) is 3.16. The molecule has 1 saturated heterocycles. The SMILES string of the molecule is CCNC(=NCC(C)(C)NC(C)c1ccccc1)N1CCN(Cc2cc(C)on2)CC1.I. The number of hydrogen-bond acceptors (Lipinski definition) is 5. The third-order valence-electron chi connectivity index (χ3n) is 5.60. The molecule has 1 aliphatic rings. The number of hydrogen-bond donors (Lipinski definition) is 2. The highest BCUT2D eigenvalue weighted by Gasteiger charge is 2.23. The third kappa shape index (κ3) is 8.04. The van der Waals surface area contributed by atoms with E-state index in [4.69, 9.17) is 9.52 Å². The van der Waals surface area contributed by atoms with Gasteiger partial charge in [0.15, 0.2) is 5.96 Å². The number of guanidine groups is 1. The van der Waals surface area contributed by atoms with Crippen molar-refractivity contribution in [2.45, 2.75) is 52.7 Å². The number of halogens is 1. The average molecular weight is 555 g/mol. The summed E-state index contributed by atoms with van der Waals surface area (Å²) in [6.45, 7) is 17.0. The fourth-order valence-electron chi connectivity index (χ4n) is 3.99. The Labute approximate surface area is 210 Å². The molecule has 0 bridgehead atoms. The maximum absolute atomic E-state index is 5.19. The van der Waals surface area contributed by atoms with Gasteiger partial charge in [0.25, 0.3) is 0 Å². The van der Waals surface area contributed by atoms with Crippen molar-refractivity contribution in [1.29, 1.82) is 0 Å². The minimum atomic E-state index is -0.109. The Morgan fingerprint density at radius 2 is 1.88 bits per heavy atom. The molecule has 1 aromatic carbocycles. The van der Waals surface area contributed by atoms with E-state index in [1.165, 1.54) is 5.56 Å². The van der Waals surface area contributed by atoms with E-state index >= 15 is 0 Å². The molecule has 2 N–H and O–H groups in total. The van der Waals surface area contributed by atoms with Crippen molar-refractivity contribution in [1.82, 2.24) is 25.6 Å². The molecule has 1 atom stereocenters. The molecule has 0 amide bonds. The molecule has 8 heteroatoms. The summed E-state index contributed by atoms with van der Waals surface area (Å²) in [5, 5.41) is 11.3. The van der Waals surface area contributed by atoms with E-state index in [-0.39, 0.29) is 35.6 Å². The van der Waals surface area contributed by atoms with Crippen LogP contribution in [0.4, 0.5) is 0 Å². The van der Waals surface area contributed by atoms with Crippen LogP contribution < -0.4 is 10.6 Å². The molecule has 2 heterocycles. The second-order valence-corrected chi connectivity index (χ2v) is 9.02. The van der Waals surface area contributed by atoms with Crippen LogP contribution >= 0.6 is 24.0 Å². The number of aliphatic imine (C=N–C) groups is 1. The molecule has 0 radical (unpaired) electrons. The second kappa shape index (κ2) is 12.6. The Kier molecular flexibility index (Phi) is 10.4. The smallest absolute Gasteiger partial charge is 0.194 e. The van der Waals surface area contributed by atoms with Crippen LogP contribution in [0.5, 0.6) is 0 Å². The van der Waals surface area contributed by atoms with Crippen molar-refractivity contribution in [3.63, 3.8) is 0 Å². The molecular weight excluding hydrogens is 515 g/mol. The Morgan fingerprint density at radius 1 is 1.19 bits per heavy atom. The highest BCUT2D eigenvalue weighted by Crippen LogP contribution is 2.17. The lowest BCUT2D eigenvalue weighted by molar-refractivity contribution is 0.168. The highest BCUT2D eigenvalue weighted by molar-refractivity contribution is 14.0. The molecule has 7 nitrogen and oxygen atoms in total. The zero-order valence-electron chi connectivity index (χ0n) is 20.1. The first-order chi connectivity index (χ1) is 14.9. The predicted octanol–water partition coefficient (Wildman–Crippen LogP) is 3.81. The molecule has 0 aliphatic carbocycles. The molecule has 0 spiro atoms. The van der Waals surface area contributed by atoms with Gasteiger partial charge in [0.2, 0.25) is 0 Å². The van der Waals surface area contributed by atoms with Crippen molar-refractivity contribution in [3.05, 3.63) is 53.4 Å². The van der Waals surface area contributed by atoms with E-state index in [0.29, 0.717) is 6.54 Å². The van der Waals surface area contributed by atoms with E-state index in [0.717, 1.165) is 56.7 Å². The monoisotopic (exact) mass is 554 g/mol. The summed E-state index contributed by atoms with van der Waals surface area (Å²) in [7, 11) is 0. The zero-order chi connectivity index (χ0) is 22.3. The second-order valence-electron chi connectivity index (χ2n) is 9.02. The molecule has 1 aromatic heterocycles. The van der Waals surface area contributed by atoms with Crippen molar-refractivity contribution in [2.24, 2.45) is 4.99 Å². The summed E-state index contributed by atoms with van der Waals surface area (Å²) in [6, 6.07) is 12.9. The van der Waals surface area contributed by atoms with Gasteiger partial charge in [-0.2, -0.15) is 0 Å². The molecule has 1 fully saturated rings. The number of rotatable bonds is 8. The normalized spacial score (nSPS) is 16.5. The van der Waals surface area contributed by atoms with E-state index in [2.05, 4.69) is 83.6 Å². The summed E-state index contributed by atoms with van der Waals surface area (Å²) in [4.78, 5) is 9.78. The van der Waals surface area contributed by atoms with Crippen LogP contribution in [0.15, 0.2) is 45.9 Å². The first-order valence-corrected chi connectivity index (χ1v) is 11.4. The standard InChI is InChI=1S/C24H38N6O.HI/c1-6-25-23(26-18-24(4,5)27-20(3)21-10-8-7-9-11-21)30-14-12-29(13-15-30)17-22-16-19(2)31-28-22;/h7-11,16,20,27H,6,12-15,17-18H2,1-5H3,(H,25,26);1H. The number of nitrogens with one attached hydrogen (secondary N) is 2. The van der Waals surface area contributed by atoms with Gasteiger partial charge in [-0.15, -0.1) is 24.0 Å². The van der Waals surface area contributed by atoms with E-state index in [1.807, 2.05) is 13.0 Å². The summed E-state index contributed by atoms with van der Waals surface area (Å²) in [6.07, 6.45) is 0. The van der Waals surface area contributed by atoms with Crippen molar-refractivity contribution >= 4 is 29.9 Å². The van der Waals surface area contributed by atoms with Gasteiger partial charge < -0.3 is 20.1 Å². The molecular formula is C24H39IN6O. The fraction of sp³-hybridized carbons (Fsp3) is 0.583. The Bertz CT molecular complexity index is 830. The minimum absolute atomic E-state index is 0. The Morgan fingerprint density at radius 3 is 2.47 bits per heavy atom. The molecule has 1 aliphatic heterocycles. The summed E-state index contributed by atoms with van der Waals surface area (Å²) >= 11 is 0. The van der Waals surface area contributed by atoms with Gasteiger partial charge in [0.05, 0.1) is 12.2 Å². The van der Waals surface area contributed by atoms with Gasteiger partial charge in [-0.25, -0.2) is 0 Å². The number of aromatic nitrogens is 1. The maximum Gasteiger partial charge on any atom is 0.194 e. The maximum atomic E-state index is 5.19. The molecule has 2 aromatic rings. The van der Waals surface area contributed by atoms with E-state index in [9.17, 15) is 0 Å². The van der Waals surface area contributed by atoms with Gasteiger partial charge in [-0.05, 0) is 40.2 Å². The first-order valence-electron chi connectivity index (χ1n) is 11.4. The number of benzene rings is 1. The molecule has 3 rings (SSSR count). The van der Waals surface area contributed by atoms with Gasteiger partial charge in [-0.3, -0.25) is 9.89 Å². The van der Waals surface area contributed by atoms with Gasteiger partial charge in [0, 0.05) is 56.9 Å². The summed E-state index contributed by atoms with van der Waals surface area (Å²) in [5.74, 6) is 1.87. The van der Waals surface area contributed by atoms with Crippen LogP contribution in [0, 0.1) is 6.92 Å². The fourth-order valence-corrected chi connectivity index (χ4v) is 3.99. The van der Waals surface area contributed by atoms with Gasteiger partial charge >= 0.3 is 0 Å². The van der Waals surface area contributed by atoms with Crippen LogP contribution in [0.3, 0.4) is 0 Å². The molecule has 0 saturated carbocycles. The number of aryl methyl sites for hydroxylation is 1. The molecule has 1 unspecified atom stereocenters. The van der Waals surface area contributed by atoms with Gasteiger partial charge in [0.1, 0.15) is 5.76 Å². The van der Waals surface area contributed by atoms with E-state index < -0.39 is 0 Å². The third-order valence-corrected chi connectivity index (χ3v) is 5.60. The van der Waals surface area contributed by atoms with E-state index in [1.54, 1.807) is 0 Å². The van der Waals surface area contributed by atoms with Crippen LogP contribution in [0.25, 0.3) is 0 Å². The highest BCUT2D eigenvalue weighted by atomic mass is 127. The first kappa shape index (κ1) is 26.6. The largest absolute Gasteiger partial charge is 0.361 e. The molecule has 32 heavy (non-hydrogen) atoms. The summed E-state index contributed by atoms with van der Waals surface area (Å²) < 4.78 is 5.19. The number of nitrogens with zero attached hydrogens (tertiary/aromatic N) is 4. The lowest BCUT2D eigenvalue weighted by Crippen LogP contribution is -2.53. The van der Waals surface area contributed by atoms with Crippen LogP contribution in [-0.4, -0.2) is 65.7 Å².